The molecule has 2 nitrogen and oxygen atoms in total. The second-order valence-corrected chi connectivity index (χ2v) is 6.08. The number of halogens is 1. The molecule has 0 amide bonds. The number of benzene rings is 1. The molecule has 0 saturated carbocycles. The smallest absolute Gasteiger partial charge is 0.337 e. The van der Waals surface area contributed by atoms with E-state index in [1.165, 1.54) is 12.7 Å². The van der Waals surface area contributed by atoms with Crippen LogP contribution in [0, 0.1) is 0 Å². The van der Waals surface area contributed by atoms with Gasteiger partial charge in [-0.1, -0.05) is 35.8 Å². The molecule has 0 unspecified atom stereocenters. The summed E-state index contributed by atoms with van der Waals surface area (Å²) < 4.78 is 5.63. The summed E-state index contributed by atoms with van der Waals surface area (Å²) in [5.41, 5.74) is 1.78. The van der Waals surface area contributed by atoms with Gasteiger partial charge in [-0.25, -0.2) is 4.79 Å². The number of methoxy groups -OCH3 is 1. The van der Waals surface area contributed by atoms with Crippen molar-refractivity contribution in [2.75, 3.05) is 7.11 Å². The van der Waals surface area contributed by atoms with E-state index in [-0.39, 0.29) is 5.97 Å². The Bertz CT molecular complexity index is 377. The Kier molecular flexibility index (Phi) is 5.35. The summed E-state index contributed by atoms with van der Waals surface area (Å²) in [7, 11) is 1.39. The Balaban J connectivity index is 2.79. The zero-order chi connectivity index (χ0) is 12.1. The van der Waals surface area contributed by atoms with Crippen molar-refractivity contribution in [1.29, 1.82) is 0 Å². The molecular formula is C12H15BrO2S. The van der Waals surface area contributed by atoms with Crippen molar-refractivity contribution in [2.45, 2.75) is 24.9 Å². The van der Waals surface area contributed by atoms with Crippen LogP contribution in [0.5, 0.6) is 0 Å². The Hall–Kier alpha value is -0.480. The predicted octanol–water partition coefficient (Wildman–Crippen LogP) is 3.88. The van der Waals surface area contributed by atoms with Gasteiger partial charge in [0, 0.05) is 10.2 Å². The summed E-state index contributed by atoms with van der Waals surface area (Å²) in [6, 6.07) is 5.57. The summed E-state index contributed by atoms with van der Waals surface area (Å²) in [6.07, 6.45) is 0. The van der Waals surface area contributed by atoms with E-state index in [1.54, 1.807) is 6.07 Å². The maximum Gasteiger partial charge on any atom is 0.337 e. The van der Waals surface area contributed by atoms with Crippen molar-refractivity contribution < 1.29 is 9.53 Å². The molecule has 0 spiro atoms. The van der Waals surface area contributed by atoms with Crippen molar-refractivity contribution in [1.82, 2.24) is 0 Å². The van der Waals surface area contributed by atoms with E-state index in [2.05, 4.69) is 34.5 Å². The first-order valence-corrected chi connectivity index (χ1v) is 6.87. The third-order valence-electron chi connectivity index (χ3n) is 2.05. The van der Waals surface area contributed by atoms with E-state index in [0.717, 1.165) is 10.2 Å². The number of esters is 1. The summed E-state index contributed by atoms with van der Waals surface area (Å²) >= 11 is 5.35. The summed E-state index contributed by atoms with van der Waals surface area (Å²) in [6.45, 7) is 4.34. The fourth-order valence-electron chi connectivity index (χ4n) is 1.17. The van der Waals surface area contributed by atoms with Crippen molar-refractivity contribution in [2.24, 2.45) is 0 Å². The normalized spacial score (nSPS) is 10.6. The highest BCUT2D eigenvalue weighted by Crippen LogP contribution is 2.25. The molecule has 0 radical (unpaired) electrons. The fourth-order valence-corrected chi connectivity index (χ4v) is 2.63. The largest absolute Gasteiger partial charge is 0.465 e. The van der Waals surface area contributed by atoms with Crippen molar-refractivity contribution >= 4 is 33.7 Å². The Labute approximate surface area is 109 Å². The van der Waals surface area contributed by atoms with Gasteiger partial charge in [0.15, 0.2) is 0 Å². The molecule has 1 aromatic rings. The molecule has 1 aromatic carbocycles. The number of carbonyl (C=O) groups excluding carboxylic acids is 1. The van der Waals surface area contributed by atoms with Crippen LogP contribution < -0.4 is 0 Å². The lowest BCUT2D eigenvalue weighted by Gasteiger charge is -2.08. The van der Waals surface area contributed by atoms with Crippen molar-refractivity contribution in [3.05, 3.63) is 33.8 Å². The molecule has 4 heteroatoms. The molecule has 16 heavy (non-hydrogen) atoms. The van der Waals surface area contributed by atoms with E-state index >= 15 is 0 Å². The van der Waals surface area contributed by atoms with Crippen LogP contribution in [0.1, 0.15) is 29.8 Å². The van der Waals surface area contributed by atoms with Gasteiger partial charge in [-0.2, -0.15) is 11.8 Å². The van der Waals surface area contributed by atoms with Crippen LogP contribution >= 0.6 is 27.7 Å². The van der Waals surface area contributed by atoms with E-state index in [1.807, 2.05) is 23.9 Å². The minimum absolute atomic E-state index is 0.302. The van der Waals surface area contributed by atoms with Crippen molar-refractivity contribution in [3.63, 3.8) is 0 Å². The van der Waals surface area contributed by atoms with Gasteiger partial charge >= 0.3 is 5.97 Å². The first kappa shape index (κ1) is 13.6. The zero-order valence-electron chi connectivity index (χ0n) is 9.62. The van der Waals surface area contributed by atoms with E-state index in [0.29, 0.717) is 10.8 Å². The van der Waals surface area contributed by atoms with Crippen molar-refractivity contribution in [3.8, 4) is 0 Å². The minimum Gasteiger partial charge on any atom is -0.465 e. The van der Waals surface area contributed by atoms with Crippen LogP contribution in [-0.4, -0.2) is 18.3 Å². The van der Waals surface area contributed by atoms with Gasteiger partial charge in [-0.15, -0.1) is 0 Å². The second-order valence-electron chi connectivity index (χ2n) is 3.66. The lowest BCUT2D eigenvalue weighted by molar-refractivity contribution is 0.0600. The molecular weight excluding hydrogens is 288 g/mol. The molecule has 0 saturated heterocycles. The summed E-state index contributed by atoms with van der Waals surface area (Å²) in [4.78, 5) is 11.3. The molecule has 0 bridgehead atoms. The first-order valence-electron chi connectivity index (χ1n) is 5.03. The lowest BCUT2D eigenvalue weighted by Crippen LogP contribution is -2.01. The van der Waals surface area contributed by atoms with Crippen LogP contribution in [0.25, 0.3) is 0 Å². The number of rotatable bonds is 4. The topological polar surface area (TPSA) is 26.3 Å². The Morgan fingerprint density at radius 2 is 2.19 bits per heavy atom. The van der Waals surface area contributed by atoms with Gasteiger partial charge in [-0.3, -0.25) is 0 Å². The van der Waals surface area contributed by atoms with E-state index in [9.17, 15) is 4.79 Å². The third kappa shape index (κ3) is 3.83. The first-order chi connectivity index (χ1) is 7.54. The average Bonchev–Trinajstić information content (AvgIpc) is 2.26. The summed E-state index contributed by atoms with van der Waals surface area (Å²) in [5, 5.41) is 0.604. The van der Waals surface area contributed by atoms with Gasteiger partial charge in [0.2, 0.25) is 0 Å². The number of hydrogen-bond donors (Lipinski definition) is 0. The van der Waals surface area contributed by atoms with Crippen LogP contribution in [0.3, 0.4) is 0 Å². The van der Waals surface area contributed by atoms with Crippen LogP contribution in [0.2, 0.25) is 0 Å². The van der Waals surface area contributed by atoms with E-state index in [4.69, 9.17) is 0 Å². The maximum absolute atomic E-state index is 11.3. The third-order valence-corrected chi connectivity index (χ3v) is 3.93. The number of carbonyl (C=O) groups is 1. The average molecular weight is 303 g/mol. The molecule has 0 aromatic heterocycles. The molecule has 88 valence electrons. The standard InChI is InChI=1S/C12H15BrO2S/c1-8(2)16-7-10-5-4-9(6-11(10)13)12(14)15-3/h4-6,8H,7H2,1-3H3. The lowest BCUT2D eigenvalue weighted by atomic mass is 10.1. The molecule has 0 fully saturated rings. The van der Waals surface area contributed by atoms with Crippen LogP contribution in [0.4, 0.5) is 0 Å². The van der Waals surface area contributed by atoms with Gasteiger partial charge in [0.05, 0.1) is 12.7 Å². The summed E-state index contributed by atoms with van der Waals surface area (Å²) in [5.74, 6) is 0.642. The molecule has 0 atom stereocenters. The molecule has 0 aliphatic rings. The SMILES string of the molecule is COC(=O)c1ccc(CSC(C)C)c(Br)c1. The molecule has 0 aliphatic carbocycles. The van der Waals surface area contributed by atoms with E-state index < -0.39 is 0 Å². The minimum atomic E-state index is -0.302. The Morgan fingerprint density at radius 3 is 2.69 bits per heavy atom. The number of thioether (sulfide) groups is 1. The molecule has 0 N–H and O–H groups in total. The molecule has 1 rings (SSSR count). The number of ether oxygens (including phenoxy) is 1. The highest BCUT2D eigenvalue weighted by atomic mass is 79.9. The Morgan fingerprint density at radius 1 is 1.50 bits per heavy atom. The fraction of sp³-hybridized carbons (Fsp3) is 0.417. The number of hydrogen-bond acceptors (Lipinski definition) is 3. The molecule has 0 heterocycles. The predicted molar refractivity (Wildman–Crippen MR) is 71.9 cm³/mol. The highest BCUT2D eigenvalue weighted by Gasteiger charge is 2.08. The van der Waals surface area contributed by atoms with Crippen LogP contribution in [-0.2, 0) is 10.5 Å². The maximum atomic E-state index is 11.3. The second kappa shape index (κ2) is 6.30. The molecule has 0 aliphatic heterocycles. The quantitative estimate of drug-likeness (QED) is 0.790. The monoisotopic (exact) mass is 302 g/mol. The highest BCUT2D eigenvalue weighted by molar-refractivity contribution is 9.10. The zero-order valence-corrected chi connectivity index (χ0v) is 12.0. The van der Waals surface area contributed by atoms with Crippen LogP contribution in [0.15, 0.2) is 22.7 Å². The van der Waals surface area contributed by atoms with Gasteiger partial charge in [0.1, 0.15) is 0 Å². The van der Waals surface area contributed by atoms with Gasteiger partial charge in [0.25, 0.3) is 0 Å². The van der Waals surface area contributed by atoms with Gasteiger partial charge < -0.3 is 4.74 Å². The van der Waals surface area contributed by atoms with Gasteiger partial charge in [-0.05, 0) is 22.9 Å².